The Balaban J connectivity index is 1.93. The van der Waals surface area contributed by atoms with Gasteiger partial charge in [-0.15, -0.1) is 0 Å². The van der Waals surface area contributed by atoms with Crippen LogP contribution in [0.2, 0.25) is 0 Å². The Bertz CT molecular complexity index is 886. The van der Waals surface area contributed by atoms with Gasteiger partial charge in [0.05, 0.1) is 7.11 Å². The van der Waals surface area contributed by atoms with Gasteiger partial charge >= 0.3 is 18.1 Å². The van der Waals surface area contributed by atoms with Gasteiger partial charge in [-0.05, 0) is 29.2 Å². The number of hydrogen-bond donors (Lipinski definition) is 4. The number of benzene rings is 2. The molecule has 4 N–H and O–H groups in total. The first-order valence-electron chi connectivity index (χ1n) is 10.2. The minimum atomic E-state index is -0.956. The standard InChI is InChI=1S/C23H29N3O6/c1-15(2)20(26-23(30)32-14-17-7-5-4-6-8-17)25-22(29)24-19(21(28)31-3)13-16-9-11-18(27)12-10-16/h4-12,15,19-20,27H,13-14H2,1-3H3,(H,26,30)(H2,24,25,29)/t19-,20-/m0/s1. The van der Waals surface area contributed by atoms with Gasteiger partial charge in [-0.3, -0.25) is 0 Å². The second-order valence-corrected chi connectivity index (χ2v) is 7.49. The van der Waals surface area contributed by atoms with Crippen LogP contribution >= 0.6 is 0 Å². The molecule has 9 nitrogen and oxygen atoms in total. The fraction of sp³-hybridized carbons (Fsp3) is 0.348. The Morgan fingerprint density at radius 2 is 1.56 bits per heavy atom. The van der Waals surface area contributed by atoms with Crippen LogP contribution in [0.5, 0.6) is 5.75 Å². The third kappa shape index (κ3) is 8.17. The number of amides is 3. The summed E-state index contributed by atoms with van der Waals surface area (Å²) in [7, 11) is 1.23. The highest BCUT2D eigenvalue weighted by molar-refractivity contribution is 5.84. The highest BCUT2D eigenvalue weighted by atomic mass is 16.5. The number of aromatic hydroxyl groups is 1. The lowest BCUT2D eigenvalue weighted by molar-refractivity contribution is -0.142. The molecule has 3 amide bonds. The number of alkyl carbamates (subject to hydrolysis) is 1. The molecule has 0 bridgehead atoms. The molecule has 0 unspecified atom stereocenters. The summed E-state index contributed by atoms with van der Waals surface area (Å²) in [6.45, 7) is 3.73. The fourth-order valence-electron chi connectivity index (χ4n) is 2.81. The van der Waals surface area contributed by atoms with Gasteiger partial charge in [-0.2, -0.15) is 0 Å². The van der Waals surface area contributed by atoms with E-state index < -0.39 is 30.3 Å². The second kappa shape index (κ2) is 12.2. The minimum absolute atomic E-state index is 0.0964. The molecule has 0 aromatic heterocycles. The van der Waals surface area contributed by atoms with Gasteiger partial charge in [-0.1, -0.05) is 56.3 Å². The number of nitrogens with one attached hydrogen (secondary N) is 3. The van der Waals surface area contributed by atoms with Crippen molar-refractivity contribution in [1.82, 2.24) is 16.0 Å². The van der Waals surface area contributed by atoms with E-state index in [4.69, 9.17) is 9.47 Å². The van der Waals surface area contributed by atoms with E-state index in [0.717, 1.165) is 11.1 Å². The summed E-state index contributed by atoms with van der Waals surface area (Å²) in [5.74, 6) is -0.678. The van der Waals surface area contributed by atoms with Crippen LogP contribution in [-0.4, -0.2) is 42.5 Å². The molecule has 0 heterocycles. The first-order chi connectivity index (χ1) is 15.3. The number of rotatable bonds is 9. The van der Waals surface area contributed by atoms with Crippen LogP contribution in [0.4, 0.5) is 9.59 Å². The lowest BCUT2D eigenvalue weighted by atomic mass is 10.1. The molecule has 0 saturated heterocycles. The van der Waals surface area contributed by atoms with Crippen molar-refractivity contribution in [2.24, 2.45) is 5.92 Å². The van der Waals surface area contributed by atoms with Crippen LogP contribution in [0.15, 0.2) is 54.6 Å². The quantitative estimate of drug-likeness (QED) is 0.349. The summed E-state index contributed by atoms with van der Waals surface area (Å²) < 4.78 is 9.98. The average molecular weight is 444 g/mol. The average Bonchev–Trinajstić information content (AvgIpc) is 2.78. The van der Waals surface area contributed by atoms with E-state index in [0.29, 0.717) is 0 Å². The van der Waals surface area contributed by atoms with E-state index in [-0.39, 0.29) is 24.7 Å². The van der Waals surface area contributed by atoms with Crippen LogP contribution in [0.1, 0.15) is 25.0 Å². The highest BCUT2D eigenvalue weighted by Gasteiger charge is 2.25. The van der Waals surface area contributed by atoms with Crippen LogP contribution in [-0.2, 0) is 27.3 Å². The second-order valence-electron chi connectivity index (χ2n) is 7.49. The van der Waals surface area contributed by atoms with Crippen LogP contribution in [0, 0.1) is 5.92 Å². The lowest BCUT2D eigenvalue weighted by Gasteiger charge is -2.25. The number of carbonyl (C=O) groups is 3. The maximum Gasteiger partial charge on any atom is 0.409 e. The number of ether oxygens (including phenoxy) is 2. The van der Waals surface area contributed by atoms with Gasteiger partial charge < -0.3 is 30.5 Å². The van der Waals surface area contributed by atoms with E-state index in [1.54, 1.807) is 12.1 Å². The van der Waals surface area contributed by atoms with E-state index in [1.165, 1.54) is 19.2 Å². The molecule has 2 aromatic rings. The molecule has 0 radical (unpaired) electrons. The molecule has 0 aliphatic rings. The first kappa shape index (κ1) is 24.5. The maximum absolute atomic E-state index is 12.5. The summed E-state index contributed by atoms with van der Waals surface area (Å²) in [5.41, 5.74) is 1.56. The van der Waals surface area contributed by atoms with E-state index in [2.05, 4.69) is 16.0 Å². The molecule has 32 heavy (non-hydrogen) atoms. The van der Waals surface area contributed by atoms with Crippen molar-refractivity contribution in [2.75, 3.05) is 7.11 Å². The van der Waals surface area contributed by atoms with Crippen LogP contribution in [0.3, 0.4) is 0 Å². The predicted molar refractivity (Wildman–Crippen MR) is 118 cm³/mol. The third-order valence-electron chi connectivity index (χ3n) is 4.61. The highest BCUT2D eigenvalue weighted by Crippen LogP contribution is 2.12. The van der Waals surface area contributed by atoms with Gasteiger partial charge in [0.1, 0.15) is 24.6 Å². The van der Waals surface area contributed by atoms with Crippen molar-refractivity contribution in [3.05, 3.63) is 65.7 Å². The first-order valence-corrected chi connectivity index (χ1v) is 10.2. The van der Waals surface area contributed by atoms with Crippen molar-refractivity contribution < 1.29 is 29.0 Å². The van der Waals surface area contributed by atoms with Gasteiger partial charge in [0.2, 0.25) is 0 Å². The zero-order valence-corrected chi connectivity index (χ0v) is 18.3. The summed E-state index contributed by atoms with van der Waals surface area (Å²) in [4.78, 5) is 36.8. The number of hydrogen-bond acceptors (Lipinski definition) is 6. The normalized spacial score (nSPS) is 12.4. The summed E-state index contributed by atoms with van der Waals surface area (Å²) in [6, 6.07) is 13.9. The molecule has 2 atom stereocenters. The van der Waals surface area contributed by atoms with Crippen molar-refractivity contribution in [2.45, 2.75) is 39.1 Å². The maximum atomic E-state index is 12.5. The summed E-state index contributed by atoms with van der Waals surface area (Å²) in [6.07, 6.45) is -1.24. The Hall–Kier alpha value is -3.75. The number of methoxy groups -OCH3 is 1. The molecule has 0 aliphatic carbocycles. The molecular formula is C23H29N3O6. The zero-order valence-electron chi connectivity index (χ0n) is 18.3. The summed E-state index contributed by atoms with van der Waals surface area (Å²) >= 11 is 0. The Kier molecular flexibility index (Phi) is 9.34. The van der Waals surface area contributed by atoms with Crippen molar-refractivity contribution in [3.63, 3.8) is 0 Å². The smallest absolute Gasteiger partial charge is 0.409 e. The van der Waals surface area contributed by atoms with Crippen LogP contribution < -0.4 is 16.0 Å². The van der Waals surface area contributed by atoms with Gasteiger partial charge in [0.15, 0.2) is 0 Å². The monoisotopic (exact) mass is 443 g/mol. The minimum Gasteiger partial charge on any atom is -0.508 e. The third-order valence-corrected chi connectivity index (χ3v) is 4.61. The van der Waals surface area contributed by atoms with Gasteiger partial charge in [-0.25, -0.2) is 14.4 Å². The van der Waals surface area contributed by atoms with Crippen molar-refractivity contribution >= 4 is 18.1 Å². The molecule has 0 spiro atoms. The van der Waals surface area contributed by atoms with E-state index >= 15 is 0 Å². The lowest BCUT2D eigenvalue weighted by Crippen LogP contribution is -2.56. The molecule has 172 valence electrons. The number of phenols is 1. The Morgan fingerprint density at radius 3 is 2.16 bits per heavy atom. The molecule has 2 aromatic carbocycles. The van der Waals surface area contributed by atoms with Crippen molar-refractivity contribution in [3.8, 4) is 5.75 Å². The van der Waals surface area contributed by atoms with Gasteiger partial charge in [0.25, 0.3) is 0 Å². The number of urea groups is 1. The number of phenolic OH excluding ortho intramolecular Hbond substituents is 1. The topological polar surface area (TPSA) is 126 Å². The Morgan fingerprint density at radius 1 is 0.906 bits per heavy atom. The van der Waals surface area contributed by atoms with Crippen molar-refractivity contribution in [1.29, 1.82) is 0 Å². The fourth-order valence-corrected chi connectivity index (χ4v) is 2.81. The number of carbonyl (C=O) groups excluding carboxylic acids is 3. The molecule has 2 rings (SSSR count). The molecular weight excluding hydrogens is 414 g/mol. The number of esters is 1. The van der Waals surface area contributed by atoms with Crippen LogP contribution in [0.25, 0.3) is 0 Å². The predicted octanol–water partition coefficient (Wildman–Crippen LogP) is 2.68. The van der Waals surface area contributed by atoms with E-state index in [9.17, 15) is 19.5 Å². The molecule has 0 saturated carbocycles. The molecule has 0 aliphatic heterocycles. The van der Waals surface area contributed by atoms with Gasteiger partial charge in [0, 0.05) is 6.42 Å². The SMILES string of the molecule is COC(=O)[C@H](Cc1ccc(O)cc1)NC(=O)N[C@@H](NC(=O)OCc1ccccc1)C(C)C. The summed E-state index contributed by atoms with van der Waals surface area (Å²) in [5, 5.41) is 17.2. The Labute approximate surface area is 187 Å². The molecule has 0 fully saturated rings. The zero-order chi connectivity index (χ0) is 23.5. The van der Waals surface area contributed by atoms with E-state index in [1.807, 2.05) is 44.2 Å². The molecule has 9 heteroatoms. The largest absolute Gasteiger partial charge is 0.508 e.